The molecule has 2 atom stereocenters. The lowest BCUT2D eigenvalue weighted by atomic mass is 9.89. The first-order valence-corrected chi connectivity index (χ1v) is 12.1. The van der Waals surface area contributed by atoms with Gasteiger partial charge in [0.2, 0.25) is 5.60 Å². The molecule has 206 valence electrons. The van der Waals surface area contributed by atoms with Gasteiger partial charge in [0.05, 0.1) is 18.7 Å². The van der Waals surface area contributed by atoms with Crippen LogP contribution < -0.4 is 20.1 Å². The Labute approximate surface area is 225 Å². The average Bonchev–Trinajstić information content (AvgIpc) is 3.32. The molecule has 3 N–H and O–H groups in total. The minimum Gasteiger partial charge on any atom is -0.496 e. The number of methoxy groups -OCH3 is 1. The lowest BCUT2D eigenvalue weighted by Crippen LogP contribution is -2.51. The first-order chi connectivity index (χ1) is 18.4. The molecule has 1 aliphatic heterocycles. The molecule has 1 heterocycles. The lowest BCUT2D eigenvalue weighted by Gasteiger charge is -2.31. The number of hydrogen-bond donors (Lipinski definition) is 3. The van der Waals surface area contributed by atoms with E-state index in [0.29, 0.717) is 18.7 Å². The summed E-state index contributed by atoms with van der Waals surface area (Å²) in [6, 6.07) is 12.4. The van der Waals surface area contributed by atoms with Crippen molar-refractivity contribution in [1.29, 1.82) is 0 Å². The van der Waals surface area contributed by atoms with Gasteiger partial charge in [0.15, 0.2) is 6.10 Å². The molecule has 7 nitrogen and oxygen atoms in total. The summed E-state index contributed by atoms with van der Waals surface area (Å²) < 4.78 is 67.0. The molecule has 0 aromatic heterocycles. The summed E-state index contributed by atoms with van der Waals surface area (Å²) in [5, 5.41) is 15.4. The molecule has 2 unspecified atom stereocenters. The molecule has 1 aliphatic rings. The van der Waals surface area contributed by atoms with Crippen LogP contribution in [0.2, 0.25) is 5.02 Å². The lowest BCUT2D eigenvalue weighted by molar-refractivity contribution is -0.263. The second kappa shape index (κ2) is 11.1. The zero-order chi connectivity index (χ0) is 28.4. The molecular weight excluding hydrogens is 544 g/mol. The number of carbonyl (C=O) groups is 2. The third kappa shape index (κ3) is 5.94. The van der Waals surface area contributed by atoms with Crippen LogP contribution in [0, 0.1) is 5.82 Å². The normalized spacial score (nSPS) is 16.8. The van der Waals surface area contributed by atoms with Gasteiger partial charge in [-0.15, -0.1) is 0 Å². The summed E-state index contributed by atoms with van der Waals surface area (Å²) in [6.07, 6.45) is -5.36. The van der Waals surface area contributed by atoms with Crippen molar-refractivity contribution in [3.05, 3.63) is 82.6 Å². The third-order valence-electron chi connectivity index (χ3n) is 6.27. The Bertz CT molecular complexity index is 1380. The van der Waals surface area contributed by atoms with Crippen LogP contribution >= 0.6 is 11.6 Å². The number of aliphatic hydroxyl groups is 1. The van der Waals surface area contributed by atoms with E-state index in [1.54, 1.807) is 0 Å². The summed E-state index contributed by atoms with van der Waals surface area (Å²) in [5.41, 5.74) is -3.67. The van der Waals surface area contributed by atoms with Gasteiger partial charge in [-0.2, -0.15) is 13.2 Å². The SMILES string of the molecule is COc1ccc(C(O)(CNC(=O)c2ccc(OC3CCNC3=O)cc2)C(F)(F)F)cc1-c1ccc(F)c(Cl)c1. The molecular formula is C27H23ClF4N2O5. The summed E-state index contributed by atoms with van der Waals surface area (Å²) in [4.78, 5) is 24.3. The molecule has 4 rings (SSSR count). The van der Waals surface area contributed by atoms with Crippen molar-refractivity contribution >= 4 is 23.4 Å². The summed E-state index contributed by atoms with van der Waals surface area (Å²) >= 11 is 5.84. The van der Waals surface area contributed by atoms with Crippen LogP contribution in [0.5, 0.6) is 11.5 Å². The van der Waals surface area contributed by atoms with E-state index >= 15 is 0 Å². The second-order valence-corrected chi connectivity index (χ2v) is 9.20. The Kier molecular flexibility index (Phi) is 8.03. The van der Waals surface area contributed by atoms with Crippen molar-refractivity contribution in [2.45, 2.75) is 24.3 Å². The van der Waals surface area contributed by atoms with Gasteiger partial charge in [-0.3, -0.25) is 9.59 Å². The van der Waals surface area contributed by atoms with E-state index in [0.717, 1.165) is 18.2 Å². The van der Waals surface area contributed by atoms with Crippen molar-refractivity contribution in [2.75, 3.05) is 20.2 Å². The monoisotopic (exact) mass is 566 g/mol. The van der Waals surface area contributed by atoms with Crippen molar-refractivity contribution in [1.82, 2.24) is 10.6 Å². The van der Waals surface area contributed by atoms with Gasteiger partial charge in [0, 0.05) is 24.1 Å². The number of benzene rings is 3. The zero-order valence-electron chi connectivity index (χ0n) is 20.4. The maximum atomic E-state index is 14.2. The van der Waals surface area contributed by atoms with Crippen molar-refractivity contribution in [3.63, 3.8) is 0 Å². The van der Waals surface area contributed by atoms with Crippen LogP contribution in [-0.2, 0) is 10.4 Å². The van der Waals surface area contributed by atoms with E-state index < -0.39 is 41.7 Å². The summed E-state index contributed by atoms with van der Waals surface area (Å²) in [6.45, 7) is -0.717. The van der Waals surface area contributed by atoms with E-state index in [9.17, 15) is 32.3 Å². The van der Waals surface area contributed by atoms with Crippen LogP contribution in [0.1, 0.15) is 22.3 Å². The minimum absolute atomic E-state index is 0.0131. The number of nitrogens with one attached hydrogen (secondary N) is 2. The Morgan fingerprint density at radius 2 is 1.85 bits per heavy atom. The predicted octanol–water partition coefficient (Wildman–Crippen LogP) is 4.60. The van der Waals surface area contributed by atoms with Gasteiger partial charge in [-0.1, -0.05) is 23.7 Å². The molecule has 3 aromatic carbocycles. The molecule has 0 saturated carbocycles. The Hall–Kier alpha value is -3.83. The van der Waals surface area contributed by atoms with Crippen LogP contribution in [-0.4, -0.2) is 49.4 Å². The van der Waals surface area contributed by atoms with Gasteiger partial charge in [0.25, 0.3) is 11.8 Å². The highest BCUT2D eigenvalue weighted by Gasteiger charge is 2.55. The fourth-order valence-electron chi connectivity index (χ4n) is 4.06. The number of halogens is 5. The quantitative estimate of drug-likeness (QED) is 0.346. The van der Waals surface area contributed by atoms with Crippen molar-refractivity contribution in [2.24, 2.45) is 0 Å². The predicted molar refractivity (Wildman–Crippen MR) is 134 cm³/mol. The van der Waals surface area contributed by atoms with E-state index in [-0.39, 0.29) is 33.4 Å². The standard InChI is InChI=1S/C27H23ClF4N2O5/c1-38-22-9-5-17(13-19(22)16-4-8-21(29)20(28)12-16)26(37,27(30,31)32)14-34-24(35)15-2-6-18(7-3-15)39-23-10-11-33-25(23)36/h2-9,12-13,23,37H,10-11,14H2,1H3,(H,33,36)(H,34,35). The molecule has 0 aliphatic carbocycles. The number of amides is 2. The third-order valence-corrected chi connectivity index (χ3v) is 6.56. The maximum Gasteiger partial charge on any atom is 0.423 e. The molecule has 1 fully saturated rings. The van der Waals surface area contributed by atoms with Crippen LogP contribution in [0.15, 0.2) is 60.7 Å². The number of hydrogen-bond acceptors (Lipinski definition) is 5. The first kappa shape index (κ1) is 28.2. The van der Waals surface area contributed by atoms with E-state index in [1.807, 2.05) is 0 Å². The molecule has 2 amide bonds. The van der Waals surface area contributed by atoms with E-state index in [4.69, 9.17) is 21.1 Å². The fourth-order valence-corrected chi connectivity index (χ4v) is 4.24. The van der Waals surface area contributed by atoms with Gasteiger partial charge in [-0.05, 0) is 59.7 Å². The highest BCUT2D eigenvalue weighted by atomic mass is 35.5. The molecule has 0 bridgehead atoms. The van der Waals surface area contributed by atoms with Crippen LogP contribution in [0.4, 0.5) is 17.6 Å². The smallest absolute Gasteiger partial charge is 0.423 e. The maximum absolute atomic E-state index is 14.2. The molecule has 0 radical (unpaired) electrons. The number of carbonyl (C=O) groups excluding carboxylic acids is 2. The average molecular weight is 567 g/mol. The van der Waals surface area contributed by atoms with E-state index in [2.05, 4.69) is 10.6 Å². The molecule has 1 saturated heterocycles. The molecule has 3 aromatic rings. The van der Waals surface area contributed by atoms with Gasteiger partial charge in [-0.25, -0.2) is 4.39 Å². The second-order valence-electron chi connectivity index (χ2n) is 8.80. The number of alkyl halides is 3. The Morgan fingerprint density at radius 1 is 1.13 bits per heavy atom. The number of rotatable bonds is 8. The topological polar surface area (TPSA) is 96.9 Å². The first-order valence-electron chi connectivity index (χ1n) is 11.7. The van der Waals surface area contributed by atoms with Gasteiger partial charge < -0.3 is 25.2 Å². The molecule has 12 heteroatoms. The highest BCUT2D eigenvalue weighted by Crippen LogP contribution is 2.42. The minimum atomic E-state index is -5.19. The molecule has 0 spiro atoms. The van der Waals surface area contributed by atoms with Crippen LogP contribution in [0.3, 0.4) is 0 Å². The summed E-state index contributed by atoms with van der Waals surface area (Å²) in [5.74, 6) is -1.37. The van der Waals surface area contributed by atoms with Crippen molar-refractivity contribution < 1.29 is 41.7 Å². The Morgan fingerprint density at radius 3 is 2.44 bits per heavy atom. The highest BCUT2D eigenvalue weighted by molar-refractivity contribution is 6.31. The summed E-state index contributed by atoms with van der Waals surface area (Å²) in [7, 11) is 1.30. The van der Waals surface area contributed by atoms with E-state index in [1.165, 1.54) is 49.6 Å². The Balaban J connectivity index is 1.56. The van der Waals surface area contributed by atoms with Gasteiger partial charge >= 0.3 is 6.18 Å². The molecule has 39 heavy (non-hydrogen) atoms. The van der Waals surface area contributed by atoms with Crippen LogP contribution in [0.25, 0.3) is 11.1 Å². The van der Waals surface area contributed by atoms with Crippen molar-refractivity contribution in [3.8, 4) is 22.6 Å². The number of ether oxygens (including phenoxy) is 2. The van der Waals surface area contributed by atoms with Gasteiger partial charge in [0.1, 0.15) is 17.3 Å². The fraction of sp³-hybridized carbons (Fsp3) is 0.259. The zero-order valence-corrected chi connectivity index (χ0v) is 21.2. The largest absolute Gasteiger partial charge is 0.496 e.